The van der Waals surface area contributed by atoms with Crippen molar-refractivity contribution in [2.24, 2.45) is 0 Å². The van der Waals surface area contributed by atoms with Crippen molar-refractivity contribution in [3.8, 4) is 11.5 Å². The summed E-state index contributed by atoms with van der Waals surface area (Å²) >= 11 is 0. The first-order chi connectivity index (χ1) is 11.5. The Kier molecular flexibility index (Phi) is 5.73. The lowest BCUT2D eigenvalue weighted by atomic mass is 10.2. The summed E-state index contributed by atoms with van der Waals surface area (Å²) in [6.45, 7) is 3.95. The van der Waals surface area contributed by atoms with Crippen LogP contribution in [-0.2, 0) is 4.79 Å². The molecular formula is C17H18N2O5. The normalized spacial score (nSPS) is 11.4. The number of anilines is 1. The van der Waals surface area contributed by atoms with E-state index < -0.39 is 11.0 Å². The van der Waals surface area contributed by atoms with E-state index in [1.807, 2.05) is 13.0 Å². The lowest BCUT2D eigenvalue weighted by Crippen LogP contribution is -2.30. The fourth-order valence-corrected chi connectivity index (χ4v) is 1.99. The van der Waals surface area contributed by atoms with Crippen molar-refractivity contribution in [3.05, 3.63) is 58.6 Å². The number of nitro benzene ring substituents is 1. The minimum absolute atomic E-state index is 0.0369. The highest BCUT2D eigenvalue weighted by Gasteiger charge is 2.17. The topological polar surface area (TPSA) is 90.7 Å². The number of para-hydroxylation sites is 2. The average Bonchev–Trinajstić information content (AvgIpc) is 2.57. The standard InChI is InChI=1S/C17H18N2O5/c1-3-23-16-7-5-4-6-15(16)18-17(20)12(2)24-14-10-8-13(9-11-14)19(21)22/h4-12H,3H2,1-2H3,(H,18,20)/t12-/m0/s1. The summed E-state index contributed by atoms with van der Waals surface area (Å²) in [7, 11) is 0. The predicted molar refractivity (Wildman–Crippen MR) is 89.4 cm³/mol. The Morgan fingerprint density at radius 2 is 1.88 bits per heavy atom. The smallest absolute Gasteiger partial charge is 0.269 e. The molecule has 24 heavy (non-hydrogen) atoms. The maximum Gasteiger partial charge on any atom is 0.269 e. The highest BCUT2D eigenvalue weighted by Crippen LogP contribution is 2.24. The zero-order valence-electron chi connectivity index (χ0n) is 13.4. The average molecular weight is 330 g/mol. The maximum absolute atomic E-state index is 12.2. The van der Waals surface area contributed by atoms with Crippen molar-refractivity contribution >= 4 is 17.3 Å². The number of nitrogens with one attached hydrogen (secondary N) is 1. The van der Waals surface area contributed by atoms with Gasteiger partial charge >= 0.3 is 0 Å². The molecule has 0 unspecified atom stereocenters. The molecule has 0 heterocycles. The summed E-state index contributed by atoms with van der Waals surface area (Å²) in [5.74, 6) is 0.609. The van der Waals surface area contributed by atoms with Crippen molar-refractivity contribution < 1.29 is 19.2 Å². The predicted octanol–water partition coefficient (Wildman–Crippen LogP) is 3.40. The van der Waals surface area contributed by atoms with E-state index in [2.05, 4.69) is 5.32 Å². The summed E-state index contributed by atoms with van der Waals surface area (Å²) < 4.78 is 11.0. The number of non-ortho nitro benzene ring substituents is 1. The minimum atomic E-state index is -0.777. The molecule has 0 saturated heterocycles. The van der Waals surface area contributed by atoms with Gasteiger partial charge in [0.05, 0.1) is 17.2 Å². The Morgan fingerprint density at radius 1 is 1.21 bits per heavy atom. The number of nitrogens with zero attached hydrogens (tertiary/aromatic N) is 1. The zero-order chi connectivity index (χ0) is 17.5. The summed E-state index contributed by atoms with van der Waals surface area (Å²) in [6, 6.07) is 12.7. The molecule has 2 aromatic carbocycles. The van der Waals surface area contributed by atoms with Crippen LogP contribution < -0.4 is 14.8 Å². The monoisotopic (exact) mass is 330 g/mol. The van der Waals surface area contributed by atoms with E-state index in [9.17, 15) is 14.9 Å². The van der Waals surface area contributed by atoms with Crippen LogP contribution in [0, 0.1) is 10.1 Å². The van der Waals surface area contributed by atoms with Gasteiger partial charge in [0, 0.05) is 12.1 Å². The Hall–Kier alpha value is -3.09. The second kappa shape index (κ2) is 7.96. The highest BCUT2D eigenvalue weighted by molar-refractivity contribution is 5.95. The van der Waals surface area contributed by atoms with Gasteiger partial charge in [-0.3, -0.25) is 14.9 Å². The van der Waals surface area contributed by atoms with E-state index in [0.29, 0.717) is 23.8 Å². The molecule has 0 fully saturated rings. The molecule has 2 aromatic rings. The highest BCUT2D eigenvalue weighted by atomic mass is 16.6. The number of hydrogen-bond acceptors (Lipinski definition) is 5. The van der Waals surface area contributed by atoms with E-state index in [-0.39, 0.29) is 11.6 Å². The Bertz CT molecular complexity index is 715. The van der Waals surface area contributed by atoms with Gasteiger partial charge in [0.25, 0.3) is 11.6 Å². The van der Waals surface area contributed by atoms with Gasteiger partial charge < -0.3 is 14.8 Å². The van der Waals surface area contributed by atoms with Crippen LogP contribution in [0.3, 0.4) is 0 Å². The first kappa shape index (κ1) is 17.3. The van der Waals surface area contributed by atoms with Crippen molar-refractivity contribution in [2.75, 3.05) is 11.9 Å². The van der Waals surface area contributed by atoms with Crippen LogP contribution in [-0.4, -0.2) is 23.5 Å². The molecule has 0 aliphatic heterocycles. The number of carbonyl (C=O) groups is 1. The van der Waals surface area contributed by atoms with Gasteiger partial charge in [-0.2, -0.15) is 0 Å². The van der Waals surface area contributed by atoms with Crippen LogP contribution >= 0.6 is 0 Å². The molecule has 0 saturated carbocycles. The van der Waals surface area contributed by atoms with Crippen LogP contribution in [0.5, 0.6) is 11.5 Å². The first-order valence-electron chi connectivity index (χ1n) is 7.45. The van der Waals surface area contributed by atoms with Gasteiger partial charge in [0.15, 0.2) is 6.10 Å². The molecule has 0 aliphatic rings. The van der Waals surface area contributed by atoms with Crippen LogP contribution in [0.15, 0.2) is 48.5 Å². The Labute approximate surface area is 139 Å². The summed E-state index contributed by atoms with van der Waals surface area (Å²) in [6.07, 6.45) is -0.777. The molecular weight excluding hydrogens is 312 g/mol. The number of rotatable bonds is 7. The third-order valence-electron chi connectivity index (χ3n) is 3.17. The van der Waals surface area contributed by atoms with Gasteiger partial charge in [-0.1, -0.05) is 12.1 Å². The lowest BCUT2D eigenvalue weighted by Gasteiger charge is -2.16. The quantitative estimate of drug-likeness (QED) is 0.620. The minimum Gasteiger partial charge on any atom is -0.492 e. The molecule has 0 spiro atoms. The first-order valence-corrected chi connectivity index (χ1v) is 7.45. The molecule has 1 atom stereocenters. The molecule has 1 N–H and O–H groups in total. The molecule has 126 valence electrons. The van der Waals surface area contributed by atoms with Gasteiger partial charge in [-0.25, -0.2) is 0 Å². The van der Waals surface area contributed by atoms with Crippen molar-refractivity contribution in [3.63, 3.8) is 0 Å². The summed E-state index contributed by atoms with van der Waals surface area (Å²) in [4.78, 5) is 22.4. The number of ether oxygens (including phenoxy) is 2. The zero-order valence-corrected chi connectivity index (χ0v) is 13.4. The van der Waals surface area contributed by atoms with Crippen LogP contribution in [0.4, 0.5) is 11.4 Å². The number of nitro groups is 1. The largest absolute Gasteiger partial charge is 0.492 e. The second-order valence-electron chi connectivity index (χ2n) is 4.93. The third kappa shape index (κ3) is 4.45. The van der Waals surface area contributed by atoms with E-state index in [4.69, 9.17) is 9.47 Å². The Morgan fingerprint density at radius 3 is 2.50 bits per heavy atom. The molecule has 0 bridgehead atoms. The third-order valence-corrected chi connectivity index (χ3v) is 3.17. The van der Waals surface area contributed by atoms with Gasteiger partial charge in [-0.05, 0) is 38.1 Å². The molecule has 0 aliphatic carbocycles. The van der Waals surface area contributed by atoms with Crippen molar-refractivity contribution in [1.29, 1.82) is 0 Å². The fraction of sp³-hybridized carbons (Fsp3) is 0.235. The van der Waals surface area contributed by atoms with Gasteiger partial charge in [-0.15, -0.1) is 0 Å². The number of benzene rings is 2. The fourth-order valence-electron chi connectivity index (χ4n) is 1.99. The molecule has 0 aromatic heterocycles. The number of hydrogen-bond donors (Lipinski definition) is 1. The Balaban J connectivity index is 2.01. The van der Waals surface area contributed by atoms with E-state index in [1.54, 1.807) is 25.1 Å². The molecule has 7 nitrogen and oxygen atoms in total. The summed E-state index contributed by atoms with van der Waals surface area (Å²) in [5.41, 5.74) is 0.522. The second-order valence-corrected chi connectivity index (χ2v) is 4.93. The molecule has 2 rings (SSSR count). The van der Waals surface area contributed by atoms with Crippen molar-refractivity contribution in [1.82, 2.24) is 0 Å². The number of amides is 1. The van der Waals surface area contributed by atoms with Crippen molar-refractivity contribution in [2.45, 2.75) is 20.0 Å². The van der Waals surface area contributed by atoms with Crippen LogP contribution in [0.25, 0.3) is 0 Å². The van der Waals surface area contributed by atoms with Crippen LogP contribution in [0.2, 0.25) is 0 Å². The van der Waals surface area contributed by atoms with Gasteiger partial charge in [0.2, 0.25) is 0 Å². The van der Waals surface area contributed by atoms with E-state index >= 15 is 0 Å². The summed E-state index contributed by atoms with van der Waals surface area (Å²) in [5, 5.41) is 13.4. The molecule has 1 amide bonds. The van der Waals surface area contributed by atoms with E-state index in [0.717, 1.165) is 0 Å². The molecule has 0 radical (unpaired) electrons. The van der Waals surface area contributed by atoms with E-state index in [1.165, 1.54) is 24.3 Å². The molecule has 7 heteroatoms. The van der Waals surface area contributed by atoms with Gasteiger partial charge in [0.1, 0.15) is 11.5 Å². The van der Waals surface area contributed by atoms with Crippen LogP contribution in [0.1, 0.15) is 13.8 Å². The maximum atomic E-state index is 12.2. The number of carbonyl (C=O) groups excluding carboxylic acids is 1. The lowest BCUT2D eigenvalue weighted by molar-refractivity contribution is -0.384. The SMILES string of the molecule is CCOc1ccccc1NC(=O)[C@H](C)Oc1ccc([N+](=O)[O-])cc1.